The van der Waals surface area contributed by atoms with Crippen LogP contribution in [-0.4, -0.2) is 40.2 Å². The number of rotatable bonds is 7. The van der Waals surface area contributed by atoms with Crippen LogP contribution in [0.2, 0.25) is 0 Å². The topological polar surface area (TPSA) is 62.7 Å². The average molecular weight is 473 g/mol. The number of piperidine rings is 1. The van der Waals surface area contributed by atoms with Gasteiger partial charge in [0, 0.05) is 5.39 Å². The van der Waals surface area contributed by atoms with Gasteiger partial charge in [0.05, 0.1) is 29.3 Å². The van der Waals surface area contributed by atoms with Crippen molar-refractivity contribution in [3.8, 4) is 5.75 Å². The lowest BCUT2D eigenvalue weighted by Crippen LogP contribution is -2.38. The summed E-state index contributed by atoms with van der Waals surface area (Å²) in [5.41, 5.74) is 3.51. The summed E-state index contributed by atoms with van der Waals surface area (Å²) in [5.74, 6) is 0.707. The van der Waals surface area contributed by atoms with Crippen molar-refractivity contribution >= 4 is 16.9 Å². The lowest BCUT2D eigenvalue weighted by Gasteiger charge is -2.35. The van der Waals surface area contributed by atoms with Crippen LogP contribution in [0.1, 0.15) is 75.1 Å². The highest BCUT2D eigenvalue weighted by Crippen LogP contribution is 2.35. The molecule has 5 rings (SSSR count). The Morgan fingerprint density at radius 3 is 2.43 bits per heavy atom. The zero-order valence-electron chi connectivity index (χ0n) is 20.6. The first-order valence-electron chi connectivity index (χ1n) is 13.2. The average Bonchev–Trinajstić information content (AvgIpc) is 2.90. The molecule has 2 aliphatic rings. The van der Waals surface area contributed by atoms with Crippen LogP contribution in [0.4, 0.5) is 0 Å². The SMILES string of the molecule is CCC(c1ccc2cc(OC3CCC(c4ccccc4)CC3)ccc2n1)N1CCC(C(=O)O)CC1. The van der Waals surface area contributed by atoms with E-state index in [0.29, 0.717) is 18.8 Å². The van der Waals surface area contributed by atoms with Crippen molar-refractivity contribution in [3.05, 3.63) is 71.9 Å². The molecule has 5 heteroatoms. The summed E-state index contributed by atoms with van der Waals surface area (Å²) in [4.78, 5) is 18.7. The van der Waals surface area contributed by atoms with Gasteiger partial charge in [-0.2, -0.15) is 0 Å². The molecule has 184 valence electrons. The van der Waals surface area contributed by atoms with Gasteiger partial charge in [-0.3, -0.25) is 14.7 Å². The lowest BCUT2D eigenvalue weighted by molar-refractivity contribution is -0.143. The number of carbonyl (C=O) groups is 1. The van der Waals surface area contributed by atoms with Crippen LogP contribution < -0.4 is 4.74 Å². The quantitative estimate of drug-likeness (QED) is 0.420. The van der Waals surface area contributed by atoms with Gasteiger partial charge in [-0.05, 0) is 93.8 Å². The summed E-state index contributed by atoms with van der Waals surface area (Å²) in [5, 5.41) is 10.4. The van der Waals surface area contributed by atoms with E-state index in [0.717, 1.165) is 54.7 Å². The molecule has 1 aromatic heterocycles. The number of hydrogen-bond acceptors (Lipinski definition) is 4. The van der Waals surface area contributed by atoms with Crippen LogP contribution in [0.25, 0.3) is 10.9 Å². The number of likely N-dealkylation sites (tertiary alicyclic amines) is 1. The van der Waals surface area contributed by atoms with Gasteiger partial charge in [0.15, 0.2) is 0 Å². The van der Waals surface area contributed by atoms with Gasteiger partial charge >= 0.3 is 5.97 Å². The van der Waals surface area contributed by atoms with Crippen molar-refractivity contribution in [2.24, 2.45) is 5.92 Å². The van der Waals surface area contributed by atoms with E-state index in [1.54, 1.807) is 0 Å². The van der Waals surface area contributed by atoms with Gasteiger partial charge in [-0.15, -0.1) is 0 Å². The van der Waals surface area contributed by atoms with Crippen LogP contribution in [0.3, 0.4) is 0 Å². The van der Waals surface area contributed by atoms with Crippen LogP contribution >= 0.6 is 0 Å². The Morgan fingerprint density at radius 2 is 1.74 bits per heavy atom. The van der Waals surface area contributed by atoms with Crippen molar-refractivity contribution in [3.63, 3.8) is 0 Å². The second kappa shape index (κ2) is 10.8. The van der Waals surface area contributed by atoms with E-state index < -0.39 is 5.97 Å². The normalized spacial score (nSPS) is 22.7. The number of carboxylic acid groups (broad SMARTS) is 1. The minimum atomic E-state index is -0.663. The molecular formula is C30H36N2O3. The first-order valence-corrected chi connectivity index (χ1v) is 13.2. The van der Waals surface area contributed by atoms with E-state index in [9.17, 15) is 9.90 Å². The van der Waals surface area contributed by atoms with Crippen molar-refractivity contribution in [2.75, 3.05) is 13.1 Å². The minimum absolute atomic E-state index is 0.208. The number of ether oxygens (including phenoxy) is 1. The van der Waals surface area contributed by atoms with Gasteiger partial charge < -0.3 is 9.84 Å². The van der Waals surface area contributed by atoms with Crippen LogP contribution in [0.5, 0.6) is 5.75 Å². The van der Waals surface area contributed by atoms with E-state index in [1.165, 1.54) is 18.4 Å². The third-order valence-corrected chi connectivity index (χ3v) is 7.98. The van der Waals surface area contributed by atoms with Gasteiger partial charge in [0.2, 0.25) is 0 Å². The molecule has 1 N–H and O–H groups in total. The molecule has 2 aromatic carbocycles. The Kier molecular flexibility index (Phi) is 7.33. The number of benzene rings is 2. The highest BCUT2D eigenvalue weighted by atomic mass is 16.5. The summed E-state index contributed by atoms with van der Waals surface area (Å²) in [6.45, 7) is 3.81. The number of aliphatic carboxylic acids is 1. The molecule has 3 aromatic rings. The fourth-order valence-corrected chi connectivity index (χ4v) is 5.92. The van der Waals surface area contributed by atoms with E-state index in [-0.39, 0.29) is 18.1 Å². The Balaban J connectivity index is 1.22. The molecule has 1 unspecified atom stereocenters. The van der Waals surface area contributed by atoms with E-state index >= 15 is 0 Å². The molecule has 1 saturated heterocycles. The molecule has 2 heterocycles. The van der Waals surface area contributed by atoms with Crippen molar-refractivity contribution in [2.45, 2.75) is 69.9 Å². The maximum Gasteiger partial charge on any atom is 0.306 e. The molecule has 1 saturated carbocycles. The molecule has 2 fully saturated rings. The summed E-state index contributed by atoms with van der Waals surface area (Å²) in [6.07, 6.45) is 7.20. The van der Waals surface area contributed by atoms with Crippen molar-refractivity contribution in [1.29, 1.82) is 0 Å². The second-order valence-electron chi connectivity index (χ2n) is 10.2. The maximum absolute atomic E-state index is 11.3. The molecule has 0 spiro atoms. The molecule has 5 nitrogen and oxygen atoms in total. The Bertz CT molecular complexity index is 1130. The predicted molar refractivity (Wildman–Crippen MR) is 139 cm³/mol. The molecule has 0 amide bonds. The summed E-state index contributed by atoms with van der Waals surface area (Å²) < 4.78 is 6.39. The summed E-state index contributed by atoms with van der Waals surface area (Å²) >= 11 is 0. The molecule has 0 bridgehead atoms. The highest BCUT2D eigenvalue weighted by Gasteiger charge is 2.29. The molecule has 1 aliphatic heterocycles. The molecular weight excluding hydrogens is 436 g/mol. The largest absolute Gasteiger partial charge is 0.490 e. The Hall–Kier alpha value is -2.92. The van der Waals surface area contributed by atoms with Gasteiger partial charge in [0.1, 0.15) is 5.75 Å². The van der Waals surface area contributed by atoms with Gasteiger partial charge in [-0.1, -0.05) is 43.3 Å². The molecule has 35 heavy (non-hydrogen) atoms. The van der Waals surface area contributed by atoms with E-state index in [4.69, 9.17) is 9.72 Å². The van der Waals surface area contributed by atoms with Crippen LogP contribution in [0, 0.1) is 5.92 Å². The lowest BCUT2D eigenvalue weighted by atomic mass is 9.83. The zero-order chi connectivity index (χ0) is 24.2. The van der Waals surface area contributed by atoms with Crippen LogP contribution in [-0.2, 0) is 4.79 Å². The summed E-state index contributed by atoms with van der Waals surface area (Å²) in [6, 6.07) is 21.6. The zero-order valence-corrected chi connectivity index (χ0v) is 20.6. The predicted octanol–water partition coefficient (Wildman–Crippen LogP) is 6.59. The number of carboxylic acids is 1. The third kappa shape index (κ3) is 5.51. The summed E-state index contributed by atoms with van der Waals surface area (Å²) in [7, 11) is 0. The smallest absolute Gasteiger partial charge is 0.306 e. The number of aromatic nitrogens is 1. The van der Waals surface area contributed by atoms with Crippen LogP contribution in [0.15, 0.2) is 60.7 Å². The minimum Gasteiger partial charge on any atom is -0.490 e. The van der Waals surface area contributed by atoms with Gasteiger partial charge in [-0.25, -0.2) is 0 Å². The Morgan fingerprint density at radius 1 is 1.00 bits per heavy atom. The monoisotopic (exact) mass is 472 g/mol. The standard InChI is InChI=1S/C30H36N2O3/c1-2-29(32-18-16-23(17-19-32)30(33)34)28-14-10-24-20-26(13-15-27(24)31-28)35-25-11-8-22(9-12-25)21-6-4-3-5-7-21/h3-7,10,13-15,20,22-23,25,29H,2,8-9,11-12,16-19H2,1H3,(H,33,34). The fraction of sp³-hybridized carbons (Fsp3) is 0.467. The van der Waals surface area contributed by atoms with Crippen molar-refractivity contribution < 1.29 is 14.6 Å². The van der Waals surface area contributed by atoms with E-state index in [1.807, 2.05) is 0 Å². The number of hydrogen-bond donors (Lipinski definition) is 1. The number of fused-ring (bicyclic) bond motifs is 1. The molecule has 1 aliphatic carbocycles. The second-order valence-corrected chi connectivity index (χ2v) is 10.2. The highest BCUT2D eigenvalue weighted by molar-refractivity contribution is 5.80. The van der Waals surface area contributed by atoms with Crippen molar-refractivity contribution in [1.82, 2.24) is 9.88 Å². The first-order chi connectivity index (χ1) is 17.1. The molecule has 1 atom stereocenters. The number of pyridine rings is 1. The fourth-order valence-electron chi connectivity index (χ4n) is 5.92. The first kappa shape index (κ1) is 23.8. The van der Waals surface area contributed by atoms with Gasteiger partial charge in [0.25, 0.3) is 0 Å². The maximum atomic E-state index is 11.3. The third-order valence-electron chi connectivity index (χ3n) is 7.98. The molecule has 0 radical (unpaired) electrons. The number of nitrogens with zero attached hydrogens (tertiary/aromatic N) is 2. The Labute approximate surface area is 208 Å². The van der Waals surface area contributed by atoms with E-state index in [2.05, 4.69) is 72.5 Å².